The SMILES string of the molecule is COc1cccc(N([C@H](C)C(=O)NCc2ccc(F)cc2)S(C)(=O)=O)c1. The smallest absolute Gasteiger partial charge is 0.243 e. The number of benzene rings is 2. The van der Waals surface area contributed by atoms with Crippen LogP contribution in [0.3, 0.4) is 0 Å². The maximum absolute atomic E-state index is 12.9. The van der Waals surface area contributed by atoms with Crippen LogP contribution in [-0.4, -0.2) is 33.7 Å². The summed E-state index contributed by atoms with van der Waals surface area (Å²) in [7, 11) is -2.23. The van der Waals surface area contributed by atoms with E-state index in [0.717, 1.165) is 10.6 Å². The first-order valence-electron chi connectivity index (χ1n) is 7.88. The molecule has 1 N–H and O–H groups in total. The van der Waals surface area contributed by atoms with E-state index >= 15 is 0 Å². The van der Waals surface area contributed by atoms with Crippen molar-refractivity contribution in [2.45, 2.75) is 19.5 Å². The summed E-state index contributed by atoms with van der Waals surface area (Å²) in [5.41, 5.74) is 1.04. The van der Waals surface area contributed by atoms with Crippen molar-refractivity contribution < 1.29 is 22.3 Å². The van der Waals surface area contributed by atoms with E-state index < -0.39 is 22.0 Å². The van der Waals surface area contributed by atoms with E-state index in [1.165, 1.54) is 26.2 Å². The summed E-state index contributed by atoms with van der Waals surface area (Å²) in [6, 6.07) is 11.2. The van der Waals surface area contributed by atoms with Crippen LogP contribution in [0.25, 0.3) is 0 Å². The standard InChI is InChI=1S/C18H21FN2O4S/c1-13(18(22)20-12-14-7-9-15(19)10-8-14)21(26(3,23)24)16-5-4-6-17(11-16)25-2/h4-11,13H,12H2,1-3H3,(H,20,22)/t13-/m1/s1. The van der Waals surface area contributed by atoms with Crippen LogP contribution < -0.4 is 14.4 Å². The van der Waals surface area contributed by atoms with Gasteiger partial charge in [-0.15, -0.1) is 0 Å². The Morgan fingerprint density at radius 3 is 2.46 bits per heavy atom. The fraction of sp³-hybridized carbons (Fsp3) is 0.278. The Morgan fingerprint density at radius 1 is 1.23 bits per heavy atom. The molecule has 6 nitrogen and oxygen atoms in total. The molecule has 1 amide bonds. The van der Waals surface area contributed by atoms with Gasteiger partial charge in [-0.2, -0.15) is 0 Å². The molecule has 2 aromatic rings. The van der Waals surface area contributed by atoms with Gasteiger partial charge in [0.15, 0.2) is 0 Å². The van der Waals surface area contributed by atoms with Crippen molar-refractivity contribution in [1.29, 1.82) is 0 Å². The Kier molecular flexibility index (Phi) is 6.20. The van der Waals surface area contributed by atoms with Crippen molar-refractivity contribution in [2.75, 3.05) is 17.7 Å². The lowest BCUT2D eigenvalue weighted by atomic mass is 10.2. The monoisotopic (exact) mass is 380 g/mol. The van der Waals surface area contributed by atoms with Crippen molar-refractivity contribution in [1.82, 2.24) is 5.32 Å². The first-order chi connectivity index (χ1) is 12.2. The summed E-state index contributed by atoms with van der Waals surface area (Å²) in [5, 5.41) is 2.67. The number of amides is 1. The number of ether oxygens (including phenoxy) is 1. The maximum Gasteiger partial charge on any atom is 0.243 e. The molecule has 0 bridgehead atoms. The quantitative estimate of drug-likeness (QED) is 0.800. The Morgan fingerprint density at radius 2 is 1.88 bits per heavy atom. The molecule has 0 aliphatic carbocycles. The van der Waals surface area contributed by atoms with Gasteiger partial charge < -0.3 is 10.1 Å². The zero-order valence-electron chi connectivity index (χ0n) is 14.8. The Bertz CT molecular complexity index is 869. The van der Waals surface area contributed by atoms with Gasteiger partial charge in [-0.1, -0.05) is 18.2 Å². The number of anilines is 1. The molecular weight excluding hydrogens is 359 g/mol. The van der Waals surface area contributed by atoms with Gasteiger partial charge in [-0.25, -0.2) is 12.8 Å². The van der Waals surface area contributed by atoms with E-state index in [9.17, 15) is 17.6 Å². The molecule has 8 heteroatoms. The summed E-state index contributed by atoms with van der Waals surface area (Å²) in [4.78, 5) is 12.5. The van der Waals surface area contributed by atoms with Gasteiger partial charge in [0, 0.05) is 12.6 Å². The first-order valence-corrected chi connectivity index (χ1v) is 9.73. The third kappa shape index (κ3) is 4.95. The van der Waals surface area contributed by atoms with Gasteiger partial charge in [0.1, 0.15) is 17.6 Å². The van der Waals surface area contributed by atoms with Crippen LogP contribution in [0, 0.1) is 5.82 Å². The lowest BCUT2D eigenvalue weighted by Gasteiger charge is -2.28. The molecule has 26 heavy (non-hydrogen) atoms. The first kappa shape index (κ1) is 19.7. The van der Waals surface area contributed by atoms with Crippen LogP contribution >= 0.6 is 0 Å². The van der Waals surface area contributed by atoms with E-state index in [1.807, 2.05) is 0 Å². The highest BCUT2D eigenvalue weighted by atomic mass is 32.2. The largest absolute Gasteiger partial charge is 0.497 e. The van der Waals surface area contributed by atoms with Crippen LogP contribution in [0.2, 0.25) is 0 Å². The average molecular weight is 380 g/mol. The molecule has 2 rings (SSSR count). The van der Waals surface area contributed by atoms with Gasteiger partial charge in [-0.3, -0.25) is 9.10 Å². The predicted octanol–water partition coefficient (Wildman–Crippen LogP) is 2.31. The third-order valence-corrected chi connectivity index (χ3v) is 5.02. The minimum absolute atomic E-state index is 0.166. The molecule has 0 spiro atoms. The van der Waals surface area contributed by atoms with E-state index in [0.29, 0.717) is 17.0 Å². The minimum Gasteiger partial charge on any atom is -0.497 e. The maximum atomic E-state index is 12.9. The number of nitrogens with one attached hydrogen (secondary N) is 1. The van der Waals surface area contributed by atoms with Gasteiger partial charge in [-0.05, 0) is 36.8 Å². The summed E-state index contributed by atoms with van der Waals surface area (Å²) in [5.74, 6) is -0.354. The number of carbonyl (C=O) groups excluding carboxylic acids is 1. The molecule has 0 saturated heterocycles. The topological polar surface area (TPSA) is 75.7 Å². The van der Waals surface area contributed by atoms with Gasteiger partial charge in [0.25, 0.3) is 0 Å². The number of rotatable bonds is 7. The highest BCUT2D eigenvalue weighted by Crippen LogP contribution is 2.25. The van der Waals surface area contributed by atoms with Crippen LogP contribution in [0.15, 0.2) is 48.5 Å². The van der Waals surface area contributed by atoms with E-state index in [2.05, 4.69) is 5.32 Å². The normalized spacial score (nSPS) is 12.3. The fourth-order valence-corrected chi connectivity index (χ4v) is 3.66. The van der Waals surface area contributed by atoms with E-state index in [1.54, 1.807) is 36.4 Å². The Hall–Kier alpha value is -2.61. The number of methoxy groups -OCH3 is 1. The number of carbonyl (C=O) groups is 1. The molecule has 0 aliphatic rings. The molecule has 0 fully saturated rings. The van der Waals surface area contributed by atoms with Crippen molar-refractivity contribution in [3.8, 4) is 5.75 Å². The van der Waals surface area contributed by atoms with E-state index in [-0.39, 0.29) is 12.4 Å². The Balaban J connectivity index is 2.19. The third-order valence-electron chi connectivity index (χ3n) is 3.78. The van der Waals surface area contributed by atoms with Crippen molar-refractivity contribution in [2.24, 2.45) is 0 Å². The number of hydrogen-bond donors (Lipinski definition) is 1. The number of nitrogens with zero attached hydrogens (tertiary/aromatic N) is 1. The lowest BCUT2D eigenvalue weighted by Crippen LogP contribution is -2.47. The molecule has 0 aromatic heterocycles. The highest BCUT2D eigenvalue weighted by Gasteiger charge is 2.29. The summed E-state index contributed by atoms with van der Waals surface area (Å²) in [6.07, 6.45) is 1.04. The number of halogens is 1. The lowest BCUT2D eigenvalue weighted by molar-refractivity contribution is -0.122. The molecule has 0 radical (unpaired) electrons. The Labute approximate surface area is 152 Å². The van der Waals surface area contributed by atoms with E-state index in [4.69, 9.17) is 4.74 Å². The molecular formula is C18H21FN2O4S. The van der Waals surface area contributed by atoms with Crippen LogP contribution in [0.1, 0.15) is 12.5 Å². The molecule has 0 aliphatic heterocycles. The van der Waals surface area contributed by atoms with Crippen LogP contribution in [0.4, 0.5) is 10.1 Å². The summed E-state index contributed by atoms with van der Waals surface area (Å²) in [6.45, 7) is 1.67. The van der Waals surface area contributed by atoms with Crippen molar-refractivity contribution in [3.63, 3.8) is 0 Å². The van der Waals surface area contributed by atoms with Crippen molar-refractivity contribution >= 4 is 21.6 Å². The number of sulfonamides is 1. The molecule has 140 valence electrons. The zero-order valence-corrected chi connectivity index (χ0v) is 15.6. The van der Waals surface area contributed by atoms with Crippen molar-refractivity contribution in [3.05, 3.63) is 59.9 Å². The zero-order chi connectivity index (χ0) is 19.3. The fourth-order valence-electron chi connectivity index (χ4n) is 2.50. The second kappa shape index (κ2) is 8.18. The second-order valence-electron chi connectivity index (χ2n) is 5.78. The number of hydrogen-bond acceptors (Lipinski definition) is 4. The van der Waals surface area contributed by atoms with Gasteiger partial charge in [0.05, 0.1) is 19.1 Å². The molecule has 0 heterocycles. The molecule has 0 saturated carbocycles. The highest BCUT2D eigenvalue weighted by molar-refractivity contribution is 7.92. The molecule has 2 aromatic carbocycles. The van der Waals surface area contributed by atoms with Crippen LogP contribution in [-0.2, 0) is 21.4 Å². The predicted molar refractivity (Wildman–Crippen MR) is 98.0 cm³/mol. The van der Waals surface area contributed by atoms with Crippen LogP contribution in [0.5, 0.6) is 5.75 Å². The minimum atomic E-state index is -3.71. The molecule has 1 atom stereocenters. The summed E-state index contributed by atoms with van der Waals surface area (Å²) >= 11 is 0. The van der Waals surface area contributed by atoms with Gasteiger partial charge >= 0.3 is 0 Å². The second-order valence-corrected chi connectivity index (χ2v) is 7.64. The average Bonchev–Trinajstić information content (AvgIpc) is 2.60. The van der Waals surface area contributed by atoms with Gasteiger partial charge in [0.2, 0.25) is 15.9 Å². The molecule has 0 unspecified atom stereocenters. The summed E-state index contributed by atoms with van der Waals surface area (Å²) < 4.78 is 43.6.